The van der Waals surface area contributed by atoms with Gasteiger partial charge in [0.25, 0.3) is 0 Å². The van der Waals surface area contributed by atoms with Crippen LogP contribution in [0.1, 0.15) is 71.6 Å². The molecule has 7 heteroatoms. The van der Waals surface area contributed by atoms with Crippen LogP contribution in [0.5, 0.6) is 0 Å². The molecule has 1 aliphatic rings. The number of carbonyl (C=O) groups excluding carboxylic acids is 1. The van der Waals surface area contributed by atoms with Crippen molar-refractivity contribution < 1.29 is 34.0 Å². The molecule has 0 aromatic carbocycles. The second kappa shape index (κ2) is 15.0. The second-order valence-corrected chi connectivity index (χ2v) is 8.10. The Hall–Kier alpha value is -0.860. The van der Waals surface area contributed by atoms with Crippen molar-refractivity contribution in [1.29, 1.82) is 0 Å². The summed E-state index contributed by atoms with van der Waals surface area (Å²) in [6.45, 7) is 4.29. The zero-order chi connectivity index (χ0) is 21.6. The topological polar surface area (TPSA) is 96.2 Å². The van der Waals surface area contributed by atoms with Crippen molar-refractivity contribution in [3.8, 4) is 0 Å². The molecule has 0 heterocycles. The molecule has 0 aliphatic heterocycles. The Bertz CT molecular complexity index is 484. The first-order chi connectivity index (χ1) is 13.8. The quantitative estimate of drug-likeness (QED) is 0.315. The molecule has 29 heavy (non-hydrogen) atoms. The van der Waals surface area contributed by atoms with Crippen LogP contribution in [0.4, 0.5) is 4.39 Å². The SMILES string of the molecule is CCCCC(O)C([18F])OCCOCC(O)CCCCC(O)CC1=C[C@H](C)CC1=O. The van der Waals surface area contributed by atoms with E-state index in [9.17, 15) is 24.5 Å². The van der Waals surface area contributed by atoms with Crippen LogP contribution in [-0.2, 0) is 14.3 Å². The number of unbranched alkanes of at least 4 members (excludes halogenated alkanes) is 2. The van der Waals surface area contributed by atoms with E-state index in [1.807, 2.05) is 19.9 Å². The van der Waals surface area contributed by atoms with Crippen molar-refractivity contribution >= 4 is 5.78 Å². The maximum atomic E-state index is 13.5. The lowest BCUT2D eigenvalue weighted by atomic mass is 10.0. The molecule has 0 aromatic heterocycles. The fourth-order valence-electron chi connectivity index (χ4n) is 3.39. The van der Waals surface area contributed by atoms with Crippen molar-refractivity contribution in [3.05, 3.63) is 11.6 Å². The zero-order valence-electron chi connectivity index (χ0n) is 17.9. The third-order valence-corrected chi connectivity index (χ3v) is 5.10. The fourth-order valence-corrected chi connectivity index (χ4v) is 3.39. The smallest absolute Gasteiger partial charge is 0.225 e. The van der Waals surface area contributed by atoms with E-state index in [4.69, 9.17) is 9.47 Å². The van der Waals surface area contributed by atoms with Crippen molar-refractivity contribution in [2.24, 2.45) is 5.92 Å². The molecule has 170 valence electrons. The third kappa shape index (κ3) is 11.8. The summed E-state index contributed by atoms with van der Waals surface area (Å²) in [7, 11) is 0. The Morgan fingerprint density at radius 1 is 1.10 bits per heavy atom. The van der Waals surface area contributed by atoms with Gasteiger partial charge in [0, 0.05) is 12.8 Å². The number of aliphatic hydroxyl groups excluding tert-OH is 3. The van der Waals surface area contributed by atoms with Gasteiger partial charge >= 0.3 is 0 Å². The number of ketones is 1. The first-order valence-corrected chi connectivity index (χ1v) is 10.9. The monoisotopic (exact) mass is 417 g/mol. The lowest BCUT2D eigenvalue weighted by molar-refractivity contribution is -0.127. The largest absolute Gasteiger partial charge is 0.393 e. The van der Waals surface area contributed by atoms with Crippen LogP contribution in [0.15, 0.2) is 11.6 Å². The lowest BCUT2D eigenvalue weighted by Crippen LogP contribution is -2.26. The minimum absolute atomic E-state index is 0.0243. The molecule has 3 N–H and O–H groups in total. The number of allylic oxidation sites excluding steroid dienone is 1. The van der Waals surface area contributed by atoms with Crippen molar-refractivity contribution in [2.45, 2.75) is 96.3 Å². The summed E-state index contributed by atoms with van der Waals surface area (Å²) in [6.07, 6.45) is 3.62. The van der Waals surface area contributed by atoms with E-state index < -0.39 is 24.7 Å². The molecule has 6 nitrogen and oxygen atoms in total. The van der Waals surface area contributed by atoms with E-state index in [1.165, 1.54) is 0 Å². The van der Waals surface area contributed by atoms with Gasteiger partial charge in [0.15, 0.2) is 5.78 Å². The van der Waals surface area contributed by atoms with Crippen LogP contribution in [-0.4, -0.2) is 65.6 Å². The van der Waals surface area contributed by atoms with Gasteiger partial charge in [0.2, 0.25) is 6.36 Å². The summed E-state index contributed by atoms with van der Waals surface area (Å²) in [5, 5.41) is 29.5. The molecule has 0 aromatic rings. The first-order valence-electron chi connectivity index (χ1n) is 10.9. The Kier molecular flexibility index (Phi) is 13.6. The number of Topliss-reactive ketones (excluding diaryl/α,β-unsaturated/α-hetero) is 1. The summed E-state index contributed by atoms with van der Waals surface area (Å²) < 4.78 is 23.7. The molecule has 0 bridgehead atoms. The number of halogens is 1. The number of rotatable bonds is 17. The minimum Gasteiger partial charge on any atom is -0.393 e. The standard InChI is InChI=1S/C22H39FO6/c1-3-4-9-20(26)22(23)29-11-10-28-15-19(25)8-6-5-7-18(24)14-17-12-16(2)13-21(17)27/h12,16,18-20,22,24-26H,3-11,13-15H2,1-2H3/t16-,18?,19?,20?,22?/m0/s1/i23-1. The van der Waals surface area contributed by atoms with E-state index in [0.29, 0.717) is 32.1 Å². The van der Waals surface area contributed by atoms with E-state index in [2.05, 4.69) is 0 Å². The van der Waals surface area contributed by atoms with Crippen molar-refractivity contribution in [2.75, 3.05) is 19.8 Å². The van der Waals surface area contributed by atoms with Gasteiger partial charge in [-0.2, -0.15) is 0 Å². The van der Waals surface area contributed by atoms with Gasteiger partial charge in [-0.1, -0.05) is 45.6 Å². The number of ether oxygens (including phenoxy) is 2. The molecule has 5 atom stereocenters. The summed E-state index contributed by atoms with van der Waals surface area (Å²) in [6, 6.07) is 0. The first kappa shape index (κ1) is 26.2. The highest BCUT2D eigenvalue weighted by Crippen LogP contribution is 2.24. The van der Waals surface area contributed by atoms with Gasteiger partial charge in [0.05, 0.1) is 32.0 Å². The molecule has 0 saturated heterocycles. The molecule has 0 saturated carbocycles. The van der Waals surface area contributed by atoms with E-state index in [-0.39, 0.29) is 31.5 Å². The Morgan fingerprint density at radius 3 is 2.41 bits per heavy atom. The van der Waals surface area contributed by atoms with Gasteiger partial charge in [-0.25, -0.2) is 4.39 Å². The molecule has 0 amide bonds. The van der Waals surface area contributed by atoms with Crippen LogP contribution in [0, 0.1) is 5.92 Å². The van der Waals surface area contributed by atoms with Crippen LogP contribution in [0.2, 0.25) is 0 Å². The zero-order valence-corrected chi connectivity index (χ0v) is 17.9. The van der Waals surface area contributed by atoms with Gasteiger partial charge in [0.1, 0.15) is 6.10 Å². The predicted molar refractivity (Wildman–Crippen MR) is 109 cm³/mol. The molecule has 1 rings (SSSR count). The molecule has 0 spiro atoms. The maximum Gasteiger partial charge on any atom is 0.225 e. The average Bonchev–Trinajstić information content (AvgIpc) is 2.99. The Balaban J connectivity index is 1.99. The van der Waals surface area contributed by atoms with Crippen molar-refractivity contribution in [3.63, 3.8) is 0 Å². The lowest BCUT2D eigenvalue weighted by Gasteiger charge is -2.16. The van der Waals surface area contributed by atoms with E-state index in [1.54, 1.807) is 0 Å². The van der Waals surface area contributed by atoms with Gasteiger partial charge < -0.3 is 24.8 Å². The van der Waals surface area contributed by atoms with Gasteiger partial charge in [-0.15, -0.1) is 0 Å². The van der Waals surface area contributed by atoms with Crippen molar-refractivity contribution in [1.82, 2.24) is 0 Å². The van der Waals surface area contributed by atoms with Gasteiger partial charge in [-0.3, -0.25) is 4.79 Å². The molecule has 4 unspecified atom stereocenters. The highest BCUT2D eigenvalue weighted by atomic mass is 18.2. The molecular weight excluding hydrogens is 378 g/mol. The van der Waals surface area contributed by atoms with E-state index >= 15 is 0 Å². The molecule has 0 fully saturated rings. The summed E-state index contributed by atoms with van der Waals surface area (Å²) in [5.41, 5.74) is 0.744. The molecule has 1 aliphatic carbocycles. The summed E-state index contributed by atoms with van der Waals surface area (Å²) >= 11 is 0. The van der Waals surface area contributed by atoms with Crippen LogP contribution in [0.25, 0.3) is 0 Å². The second-order valence-electron chi connectivity index (χ2n) is 8.10. The number of aliphatic hydroxyl groups is 3. The maximum absolute atomic E-state index is 13.5. The number of alkyl halides is 1. The Labute approximate surface area is 174 Å². The summed E-state index contributed by atoms with van der Waals surface area (Å²) in [4.78, 5) is 11.7. The summed E-state index contributed by atoms with van der Waals surface area (Å²) in [5.74, 6) is 0.412. The molecular formula is C22H39FO6. The number of hydrogen-bond donors (Lipinski definition) is 3. The third-order valence-electron chi connectivity index (χ3n) is 5.10. The van der Waals surface area contributed by atoms with Crippen LogP contribution in [0.3, 0.4) is 0 Å². The molecule has 0 radical (unpaired) electrons. The van der Waals surface area contributed by atoms with E-state index in [0.717, 1.165) is 31.3 Å². The predicted octanol–water partition coefficient (Wildman–Crippen LogP) is 3.07. The number of hydrogen-bond acceptors (Lipinski definition) is 6. The van der Waals surface area contributed by atoms with Crippen LogP contribution < -0.4 is 0 Å². The highest BCUT2D eigenvalue weighted by Gasteiger charge is 2.22. The van der Waals surface area contributed by atoms with Crippen LogP contribution >= 0.6 is 0 Å². The average molecular weight is 418 g/mol. The highest BCUT2D eigenvalue weighted by molar-refractivity contribution is 5.97. The number of carbonyl (C=O) groups is 1. The Morgan fingerprint density at radius 2 is 1.79 bits per heavy atom. The van der Waals surface area contributed by atoms with Gasteiger partial charge in [-0.05, 0) is 30.8 Å². The fraction of sp³-hybridized carbons (Fsp3) is 0.864. The minimum atomic E-state index is -1.71. The normalized spacial score (nSPS) is 21.1.